The maximum Gasteiger partial charge on any atom is 0.352 e. The molecular weight excluding hydrogens is 668 g/mol. The van der Waals surface area contributed by atoms with Gasteiger partial charge >= 0.3 is 5.97 Å². The van der Waals surface area contributed by atoms with Crippen molar-refractivity contribution in [3.05, 3.63) is 91.8 Å². The van der Waals surface area contributed by atoms with Gasteiger partial charge in [-0.3, -0.25) is 4.68 Å². The lowest BCUT2D eigenvalue weighted by molar-refractivity contribution is 0.0685. The van der Waals surface area contributed by atoms with Gasteiger partial charge in [-0.15, -0.1) is 34.9 Å². The van der Waals surface area contributed by atoms with Crippen LogP contribution in [0.15, 0.2) is 53.4 Å². The molecule has 0 aliphatic carbocycles. The molecule has 0 saturated carbocycles. The van der Waals surface area contributed by atoms with Gasteiger partial charge in [0.1, 0.15) is 16.5 Å². The highest BCUT2D eigenvalue weighted by atomic mass is 35.5. The highest BCUT2D eigenvalue weighted by Gasteiger charge is 2.30. The summed E-state index contributed by atoms with van der Waals surface area (Å²) in [5.41, 5.74) is 7.16. The van der Waals surface area contributed by atoms with Crippen molar-refractivity contribution in [3.63, 3.8) is 0 Å². The van der Waals surface area contributed by atoms with Gasteiger partial charge in [0.05, 0.1) is 28.5 Å². The minimum Gasteiger partial charge on any atom is -0.493 e. The van der Waals surface area contributed by atoms with Crippen LogP contribution in [0.25, 0.3) is 32.8 Å². The molecule has 0 amide bonds. The van der Waals surface area contributed by atoms with Crippen LogP contribution < -0.4 is 4.74 Å². The van der Waals surface area contributed by atoms with Gasteiger partial charge in [-0.05, 0) is 61.8 Å². The molecule has 0 atom stereocenters. The highest BCUT2D eigenvalue weighted by molar-refractivity contribution is 7.98. The zero-order valence-corrected chi connectivity index (χ0v) is 29.3. The minimum absolute atomic E-state index is 0.296. The number of thioether (sulfide) groups is 2. The maximum absolute atomic E-state index is 12.8. The van der Waals surface area contributed by atoms with E-state index in [4.69, 9.17) is 26.4 Å². The number of nitrogens with zero attached hydrogens (tertiary/aromatic N) is 4. The Morgan fingerprint density at radius 2 is 1.89 bits per heavy atom. The van der Waals surface area contributed by atoms with Crippen LogP contribution in [0.4, 0.5) is 0 Å². The minimum atomic E-state index is -0.944. The van der Waals surface area contributed by atoms with E-state index in [1.54, 1.807) is 23.1 Å². The Hall–Kier alpha value is -3.44. The Balaban J connectivity index is 1.26. The number of rotatable bonds is 1. The average Bonchev–Trinajstić information content (AvgIpc) is 3.80. The van der Waals surface area contributed by atoms with Crippen LogP contribution in [0.3, 0.4) is 0 Å². The first-order chi connectivity index (χ1) is 22.9. The fourth-order valence-electron chi connectivity index (χ4n) is 7.09. The van der Waals surface area contributed by atoms with Gasteiger partial charge in [-0.25, -0.2) is 9.78 Å². The van der Waals surface area contributed by atoms with Crippen molar-refractivity contribution in [2.24, 2.45) is 7.05 Å². The van der Waals surface area contributed by atoms with E-state index in [0.29, 0.717) is 35.9 Å². The number of carboxylic acid groups (broad SMARTS) is 1. The third-order valence-electron chi connectivity index (χ3n) is 9.17. The van der Waals surface area contributed by atoms with Crippen LogP contribution in [-0.2, 0) is 43.7 Å². The fourth-order valence-corrected chi connectivity index (χ4v) is 10.5. The number of hydrogen-bond donors (Lipinski definition) is 1. The van der Waals surface area contributed by atoms with Crippen LogP contribution in [0, 0.1) is 6.92 Å². The van der Waals surface area contributed by atoms with Crippen molar-refractivity contribution in [3.8, 4) is 16.9 Å². The van der Waals surface area contributed by atoms with Gasteiger partial charge in [-0.1, -0.05) is 41.9 Å². The highest BCUT2D eigenvalue weighted by Crippen LogP contribution is 2.44. The van der Waals surface area contributed by atoms with Crippen LogP contribution in [-0.4, -0.2) is 37.0 Å². The summed E-state index contributed by atoms with van der Waals surface area (Å²) in [5.74, 6) is 2.26. The lowest BCUT2D eigenvalue weighted by Gasteiger charge is -2.12. The Morgan fingerprint density at radius 3 is 2.77 bits per heavy atom. The number of ether oxygens (including phenoxy) is 1. The molecule has 8 rings (SSSR count). The first-order valence-electron chi connectivity index (χ1n) is 15.8. The van der Waals surface area contributed by atoms with E-state index in [1.165, 1.54) is 10.6 Å². The predicted molar refractivity (Wildman–Crippen MR) is 194 cm³/mol. The van der Waals surface area contributed by atoms with Crippen molar-refractivity contribution < 1.29 is 14.6 Å². The number of hydrogen-bond acceptors (Lipinski definition) is 7. The molecule has 7 nitrogen and oxygen atoms in total. The molecule has 0 unspecified atom stereocenters. The van der Waals surface area contributed by atoms with Gasteiger partial charge < -0.3 is 14.4 Å². The van der Waals surface area contributed by atoms with Crippen LogP contribution in [0.2, 0.25) is 5.02 Å². The van der Waals surface area contributed by atoms with Crippen molar-refractivity contribution in [2.45, 2.75) is 61.3 Å². The fraction of sp³-hybridized carbons (Fsp3) is 0.306. The average molecular weight is 701 g/mol. The lowest BCUT2D eigenvalue weighted by Crippen LogP contribution is -2.09. The molecule has 8 bridgehead atoms. The Kier molecular flexibility index (Phi) is 8.24. The summed E-state index contributed by atoms with van der Waals surface area (Å²) in [4.78, 5) is 20.2. The summed E-state index contributed by atoms with van der Waals surface area (Å²) in [5, 5.41) is 20.4. The van der Waals surface area contributed by atoms with Gasteiger partial charge in [0.2, 0.25) is 0 Å². The molecule has 5 heterocycles. The Bertz CT molecular complexity index is 2200. The van der Waals surface area contributed by atoms with E-state index in [2.05, 4.69) is 41.9 Å². The second-order valence-corrected chi connectivity index (χ2v) is 15.7. The third kappa shape index (κ3) is 5.53. The van der Waals surface area contributed by atoms with Gasteiger partial charge in [0, 0.05) is 68.2 Å². The summed E-state index contributed by atoms with van der Waals surface area (Å²) in [7, 11) is 1.85. The second-order valence-electron chi connectivity index (χ2n) is 12.1. The van der Waals surface area contributed by atoms with E-state index in [0.717, 1.165) is 96.3 Å². The van der Waals surface area contributed by atoms with E-state index >= 15 is 0 Å². The number of thiazole rings is 1. The van der Waals surface area contributed by atoms with Crippen molar-refractivity contribution in [2.75, 3.05) is 6.61 Å². The third-order valence-corrected chi connectivity index (χ3v) is 13.0. The van der Waals surface area contributed by atoms with Crippen LogP contribution in [0.5, 0.6) is 5.75 Å². The number of carbonyl (C=O) groups is 1. The molecule has 0 fully saturated rings. The first kappa shape index (κ1) is 30.9. The molecular formula is C36H33ClN4O3S3. The Labute approximate surface area is 290 Å². The molecule has 0 spiro atoms. The summed E-state index contributed by atoms with van der Waals surface area (Å²) < 4.78 is 10.4. The monoisotopic (exact) mass is 700 g/mol. The SMILES string of the molecule is Cc1nc2sc1CSc1cc(c3ccccc3c1)OCCCc1c(C(=O)O)n(C)c3c(c(Cl)ccc13)-c1c(nn3c1CCC3)CSC2. The van der Waals surface area contributed by atoms with E-state index in [9.17, 15) is 9.90 Å². The molecule has 47 heavy (non-hydrogen) atoms. The normalized spacial score (nSPS) is 15.4. The van der Waals surface area contributed by atoms with E-state index in [-0.39, 0.29) is 0 Å². The van der Waals surface area contributed by atoms with E-state index < -0.39 is 5.97 Å². The zero-order chi connectivity index (χ0) is 32.2. The van der Waals surface area contributed by atoms with Gasteiger partial charge in [-0.2, -0.15) is 5.10 Å². The number of aromatic nitrogens is 4. The topological polar surface area (TPSA) is 82.2 Å². The molecule has 11 heteroatoms. The molecule has 0 radical (unpaired) electrons. The van der Waals surface area contributed by atoms with Crippen molar-refractivity contribution in [1.82, 2.24) is 19.3 Å². The van der Waals surface area contributed by atoms with Gasteiger partial charge in [0.25, 0.3) is 0 Å². The van der Waals surface area contributed by atoms with Gasteiger partial charge in [0.15, 0.2) is 0 Å². The molecule has 2 aliphatic heterocycles. The quantitative estimate of drug-likeness (QED) is 0.183. The summed E-state index contributed by atoms with van der Waals surface area (Å²) in [6.45, 7) is 3.45. The lowest BCUT2D eigenvalue weighted by atomic mass is 9.97. The Morgan fingerprint density at radius 1 is 1.02 bits per heavy atom. The maximum atomic E-state index is 12.8. The smallest absolute Gasteiger partial charge is 0.352 e. The number of aromatic carboxylic acids is 1. The standard InChI is InChI=1S/C36H33ClN4O3S3/c1-20-30-18-46-22-15-21-7-3-4-8-23(21)29(16-22)44-14-6-9-24-25-11-12-26(37)32(34(25)40(2)35(24)36(42)43)33-27(17-45-19-31(38-20)47-30)39-41-13-5-10-28(33)41/h3-4,7-8,11-12,15-16H,5-6,9-10,13-14,17-19H2,1-2H3,(H,42,43). The number of carboxylic acids is 1. The number of aryl methyl sites for hydroxylation is 4. The van der Waals surface area contributed by atoms with Crippen LogP contribution in [0.1, 0.15) is 55.9 Å². The molecule has 1 N–H and O–H groups in total. The predicted octanol–water partition coefficient (Wildman–Crippen LogP) is 9.31. The molecule has 0 saturated heterocycles. The molecule has 3 aromatic carbocycles. The molecule has 2 aliphatic rings. The van der Waals surface area contributed by atoms with E-state index in [1.807, 2.05) is 41.6 Å². The number of benzene rings is 3. The second kappa shape index (κ2) is 12.5. The summed E-state index contributed by atoms with van der Waals surface area (Å²) in [6, 6.07) is 16.6. The summed E-state index contributed by atoms with van der Waals surface area (Å²) >= 11 is 12.5. The van der Waals surface area contributed by atoms with Crippen molar-refractivity contribution >= 4 is 74.1 Å². The molecule has 6 aromatic rings. The largest absolute Gasteiger partial charge is 0.493 e. The molecule has 3 aromatic heterocycles. The first-order valence-corrected chi connectivity index (χ1v) is 19.1. The van der Waals surface area contributed by atoms with Crippen molar-refractivity contribution in [1.29, 1.82) is 0 Å². The number of halogens is 1. The summed E-state index contributed by atoms with van der Waals surface area (Å²) in [6.07, 6.45) is 3.18. The zero-order valence-electron chi connectivity index (χ0n) is 26.1. The number of fused-ring (bicyclic) bond motifs is 10. The molecule has 240 valence electrons. The van der Waals surface area contributed by atoms with Crippen LogP contribution >= 0.6 is 46.5 Å².